The number of ether oxygens (including phenoxy) is 2. The van der Waals surface area contributed by atoms with Gasteiger partial charge in [0.05, 0.1) is 26.0 Å². The van der Waals surface area contributed by atoms with E-state index in [9.17, 15) is 4.79 Å². The van der Waals surface area contributed by atoms with Crippen molar-refractivity contribution in [2.75, 3.05) is 20.3 Å². The van der Waals surface area contributed by atoms with E-state index >= 15 is 0 Å². The van der Waals surface area contributed by atoms with Gasteiger partial charge in [0, 0.05) is 5.56 Å². The minimum Gasteiger partial charge on any atom is -0.493 e. The number of carbonyl (C=O) groups excluding carboxylic acids is 1. The molecule has 138 valence electrons. The minimum absolute atomic E-state index is 0.0911. The van der Waals surface area contributed by atoms with Gasteiger partial charge in [-0.25, -0.2) is 0 Å². The highest BCUT2D eigenvalue weighted by molar-refractivity contribution is 5.81. The number of nitrogens with zero attached hydrogens (tertiary/aromatic N) is 1. The summed E-state index contributed by atoms with van der Waals surface area (Å²) in [4.78, 5) is 17.0. The van der Waals surface area contributed by atoms with Crippen molar-refractivity contribution in [2.45, 2.75) is 19.9 Å². The van der Waals surface area contributed by atoms with Crippen LogP contribution in [0.2, 0.25) is 0 Å². The summed E-state index contributed by atoms with van der Waals surface area (Å²) >= 11 is 0. The smallest absolute Gasteiger partial charge is 0.261 e. The molecule has 0 saturated carbocycles. The van der Waals surface area contributed by atoms with Crippen LogP contribution in [-0.2, 0) is 9.63 Å². The summed E-state index contributed by atoms with van der Waals surface area (Å²) in [5.41, 5.74) is 1.81. The second-order valence-corrected chi connectivity index (χ2v) is 5.55. The number of hydrogen-bond acceptors (Lipinski definition) is 5. The van der Waals surface area contributed by atoms with Crippen LogP contribution in [0.5, 0.6) is 11.5 Å². The average molecular weight is 356 g/mol. The molecule has 0 aliphatic carbocycles. The number of oxime groups is 1. The molecule has 0 heterocycles. The zero-order chi connectivity index (χ0) is 18.8. The van der Waals surface area contributed by atoms with Crippen molar-refractivity contribution < 1.29 is 19.1 Å². The Kier molecular flexibility index (Phi) is 7.49. The van der Waals surface area contributed by atoms with E-state index in [0.29, 0.717) is 18.1 Å². The summed E-state index contributed by atoms with van der Waals surface area (Å²) in [6.07, 6.45) is 1.52. The van der Waals surface area contributed by atoms with E-state index in [-0.39, 0.29) is 18.6 Å². The molecule has 1 atom stereocenters. The molecule has 0 fully saturated rings. The highest BCUT2D eigenvalue weighted by atomic mass is 16.6. The number of benzene rings is 2. The fourth-order valence-corrected chi connectivity index (χ4v) is 2.34. The van der Waals surface area contributed by atoms with Crippen molar-refractivity contribution in [3.63, 3.8) is 0 Å². The molecule has 0 aliphatic heterocycles. The van der Waals surface area contributed by atoms with E-state index in [2.05, 4.69) is 10.5 Å². The van der Waals surface area contributed by atoms with Crippen molar-refractivity contribution >= 4 is 12.1 Å². The molecule has 6 heteroatoms. The first kappa shape index (κ1) is 19.3. The maximum absolute atomic E-state index is 11.9. The molecular weight excluding hydrogens is 332 g/mol. The van der Waals surface area contributed by atoms with Crippen molar-refractivity contribution in [3.8, 4) is 11.5 Å². The number of nitrogens with one attached hydrogen (secondary N) is 1. The normalized spacial score (nSPS) is 11.8. The Labute approximate surface area is 153 Å². The molecule has 26 heavy (non-hydrogen) atoms. The van der Waals surface area contributed by atoms with Crippen LogP contribution in [0.25, 0.3) is 0 Å². The highest BCUT2D eigenvalue weighted by Gasteiger charge is 2.09. The Balaban J connectivity index is 1.82. The van der Waals surface area contributed by atoms with Crippen molar-refractivity contribution in [1.82, 2.24) is 5.32 Å². The maximum Gasteiger partial charge on any atom is 0.261 e. The van der Waals surface area contributed by atoms with E-state index in [1.54, 1.807) is 19.2 Å². The standard InChI is InChI=1S/C20H24N2O4/c1-4-25-18-11-10-16(12-19(18)24-3)13-21-26-14-20(23)22-15(2)17-8-6-5-7-9-17/h5-13,15H,4,14H2,1-3H3,(H,22,23)/b21-13+. The third-order valence-corrected chi connectivity index (χ3v) is 3.64. The summed E-state index contributed by atoms with van der Waals surface area (Å²) in [5.74, 6) is 1.05. The largest absolute Gasteiger partial charge is 0.493 e. The zero-order valence-electron chi connectivity index (χ0n) is 15.3. The lowest BCUT2D eigenvalue weighted by molar-refractivity contribution is -0.126. The fraction of sp³-hybridized carbons (Fsp3) is 0.300. The molecule has 0 aromatic heterocycles. The molecule has 2 aromatic rings. The number of rotatable bonds is 9. The predicted octanol–water partition coefficient (Wildman–Crippen LogP) is 3.32. The molecule has 2 aromatic carbocycles. The van der Waals surface area contributed by atoms with Gasteiger partial charge in [0.25, 0.3) is 5.91 Å². The molecule has 1 N–H and O–H groups in total. The molecule has 6 nitrogen and oxygen atoms in total. The van der Waals surface area contributed by atoms with Gasteiger partial charge in [0.2, 0.25) is 0 Å². The van der Waals surface area contributed by atoms with Gasteiger partial charge in [-0.1, -0.05) is 35.5 Å². The van der Waals surface area contributed by atoms with E-state index < -0.39 is 0 Å². The predicted molar refractivity (Wildman–Crippen MR) is 101 cm³/mol. The van der Waals surface area contributed by atoms with Crippen LogP contribution < -0.4 is 14.8 Å². The Morgan fingerprint density at radius 1 is 1.19 bits per heavy atom. The van der Waals surface area contributed by atoms with Crippen LogP contribution in [0.15, 0.2) is 53.7 Å². The van der Waals surface area contributed by atoms with Crippen molar-refractivity contribution in [3.05, 3.63) is 59.7 Å². The Hall–Kier alpha value is -3.02. The summed E-state index contributed by atoms with van der Waals surface area (Å²) in [6, 6.07) is 15.1. The summed E-state index contributed by atoms with van der Waals surface area (Å²) in [5, 5.41) is 6.69. The molecule has 0 aliphatic rings. The second kappa shape index (κ2) is 10.1. The van der Waals surface area contributed by atoms with Gasteiger partial charge in [-0.15, -0.1) is 0 Å². The maximum atomic E-state index is 11.9. The quantitative estimate of drug-likeness (QED) is 0.553. The third kappa shape index (κ3) is 5.81. The summed E-state index contributed by atoms with van der Waals surface area (Å²) in [6.45, 7) is 4.24. The molecule has 0 radical (unpaired) electrons. The van der Waals surface area contributed by atoms with Gasteiger partial charge in [0.15, 0.2) is 18.1 Å². The SMILES string of the molecule is CCOc1ccc(/C=N/OCC(=O)NC(C)c2ccccc2)cc1OC. The van der Waals surface area contributed by atoms with Crippen molar-refractivity contribution in [2.24, 2.45) is 5.16 Å². The lowest BCUT2D eigenvalue weighted by Gasteiger charge is -2.13. The number of methoxy groups -OCH3 is 1. The Morgan fingerprint density at radius 2 is 1.96 bits per heavy atom. The molecule has 2 rings (SSSR count). The van der Waals surface area contributed by atoms with E-state index in [0.717, 1.165) is 11.1 Å². The van der Waals surface area contributed by atoms with Crippen LogP contribution in [0.1, 0.15) is 31.0 Å². The lowest BCUT2D eigenvalue weighted by Crippen LogP contribution is -2.29. The van der Waals surface area contributed by atoms with Gasteiger partial charge in [-0.2, -0.15) is 0 Å². The average Bonchev–Trinajstić information content (AvgIpc) is 2.67. The van der Waals surface area contributed by atoms with E-state index in [1.807, 2.05) is 50.2 Å². The molecule has 0 spiro atoms. The first-order valence-corrected chi connectivity index (χ1v) is 8.44. The van der Waals surface area contributed by atoms with Crippen molar-refractivity contribution in [1.29, 1.82) is 0 Å². The summed E-state index contributed by atoms with van der Waals surface area (Å²) in [7, 11) is 1.58. The first-order chi connectivity index (χ1) is 12.6. The van der Waals surface area contributed by atoms with Gasteiger partial charge in [-0.05, 0) is 37.6 Å². The number of amides is 1. The zero-order valence-corrected chi connectivity index (χ0v) is 15.3. The van der Waals surface area contributed by atoms with Crippen LogP contribution >= 0.6 is 0 Å². The van der Waals surface area contributed by atoms with Crippen LogP contribution in [-0.4, -0.2) is 32.4 Å². The second-order valence-electron chi connectivity index (χ2n) is 5.55. The highest BCUT2D eigenvalue weighted by Crippen LogP contribution is 2.27. The molecular formula is C20H24N2O4. The third-order valence-electron chi connectivity index (χ3n) is 3.64. The van der Waals surface area contributed by atoms with Gasteiger partial charge < -0.3 is 19.6 Å². The Morgan fingerprint density at radius 3 is 2.65 bits per heavy atom. The van der Waals surface area contributed by atoms with Gasteiger partial charge in [0.1, 0.15) is 0 Å². The monoisotopic (exact) mass is 356 g/mol. The minimum atomic E-state index is -0.234. The number of hydrogen-bond donors (Lipinski definition) is 1. The van der Waals surface area contributed by atoms with Crippen LogP contribution in [0.4, 0.5) is 0 Å². The molecule has 0 saturated heterocycles. The first-order valence-electron chi connectivity index (χ1n) is 8.44. The number of carbonyl (C=O) groups is 1. The molecule has 0 bridgehead atoms. The molecule has 1 unspecified atom stereocenters. The summed E-state index contributed by atoms with van der Waals surface area (Å²) < 4.78 is 10.7. The fourth-order valence-electron chi connectivity index (χ4n) is 2.34. The van der Waals surface area contributed by atoms with Crippen LogP contribution in [0.3, 0.4) is 0 Å². The Bertz CT molecular complexity index is 732. The lowest BCUT2D eigenvalue weighted by atomic mass is 10.1. The van der Waals surface area contributed by atoms with Crippen LogP contribution in [0, 0.1) is 0 Å². The van der Waals surface area contributed by atoms with E-state index in [1.165, 1.54) is 6.21 Å². The molecule has 1 amide bonds. The van der Waals surface area contributed by atoms with E-state index in [4.69, 9.17) is 14.3 Å². The van der Waals surface area contributed by atoms with Gasteiger partial charge in [-0.3, -0.25) is 4.79 Å². The van der Waals surface area contributed by atoms with Gasteiger partial charge >= 0.3 is 0 Å². The topological polar surface area (TPSA) is 69.2 Å².